The number of carboxylic acids is 1. The lowest BCUT2D eigenvalue weighted by molar-refractivity contribution is -0.255. The Labute approximate surface area is 143 Å². The number of aromatic carboxylic acids is 1. The summed E-state index contributed by atoms with van der Waals surface area (Å²) >= 11 is 3.64. The van der Waals surface area contributed by atoms with Crippen molar-refractivity contribution in [1.29, 1.82) is 0 Å². The van der Waals surface area contributed by atoms with Crippen LogP contribution in [0, 0.1) is 5.92 Å². The van der Waals surface area contributed by atoms with E-state index in [1.807, 2.05) is 18.2 Å². The van der Waals surface area contributed by atoms with Crippen molar-refractivity contribution in [2.24, 2.45) is 5.92 Å². The van der Waals surface area contributed by atoms with E-state index in [-0.39, 0.29) is 11.6 Å². The molecule has 0 spiro atoms. The van der Waals surface area contributed by atoms with Crippen LogP contribution in [0.2, 0.25) is 0 Å². The van der Waals surface area contributed by atoms with E-state index in [1.54, 1.807) is 12.1 Å². The van der Waals surface area contributed by atoms with Crippen LogP contribution in [0.4, 0.5) is 5.69 Å². The molecule has 3 nitrogen and oxygen atoms in total. The Hall–Kier alpha value is -2.07. The number of carbonyl (C=O) groups excluding carboxylic acids is 1. The number of halogens is 1. The minimum Gasteiger partial charge on any atom is -0.545 e. The van der Waals surface area contributed by atoms with Crippen LogP contribution in [-0.4, -0.2) is 5.97 Å². The molecular weight excluding hydrogens is 354 g/mol. The van der Waals surface area contributed by atoms with Gasteiger partial charge >= 0.3 is 0 Å². The van der Waals surface area contributed by atoms with Crippen molar-refractivity contribution in [1.82, 2.24) is 0 Å². The summed E-state index contributed by atoms with van der Waals surface area (Å²) < 4.78 is 1.06. The van der Waals surface area contributed by atoms with Crippen LogP contribution in [0.15, 0.2) is 59.1 Å². The average Bonchev–Trinajstić information content (AvgIpc) is 3.04. The molecule has 116 valence electrons. The highest BCUT2D eigenvalue weighted by Gasteiger charge is 2.38. The van der Waals surface area contributed by atoms with Crippen LogP contribution in [-0.2, 0) is 0 Å². The van der Waals surface area contributed by atoms with E-state index in [9.17, 15) is 9.90 Å². The number of hydrogen-bond acceptors (Lipinski definition) is 3. The number of carbonyl (C=O) groups is 1. The molecule has 0 aromatic heterocycles. The van der Waals surface area contributed by atoms with E-state index in [0.29, 0.717) is 11.8 Å². The van der Waals surface area contributed by atoms with E-state index in [2.05, 4.69) is 45.5 Å². The first kappa shape index (κ1) is 14.5. The third kappa shape index (κ3) is 2.38. The minimum atomic E-state index is -1.14. The first-order valence-electron chi connectivity index (χ1n) is 7.68. The Morgan fingerprint density at radius 3 is 2.70 bits per heavy atom. The maximum Gasteiger partial charge on any atom is 0.0715 e. The van der Waals surface area contributed by atoms with Crippen LogP contribution in [0.3, 0.4) is 0 Å². The number of carboxylic acid groups (broad SMARTS) is 1. The summed E-state index contributed by atoms with van der Waals surface area (Å²) in [6, 6.07) is 13.5. The highest BCUT2D eigenvalue weighted by atomic mass is 79.9. The maximum atomic E-state index is 10.9. The Morgan fingerprint density at radius 1 is 1.17 bits per heavy atom. The Morgan fingerprint density at radius 2 is 1.96 bits per heavy atom. The monoisotopic (exact) mass is 368 g/mol. The van der Waals surface area contributed by atoms with Gasteiger partial charge < -0.3 is 15.2 Å². The molecule has 1 aliphatic carbocycles. The first-order chi connectivity index (χ1) is 11.1. The molecule has 0 unspecified atom stereocenters. The van der Waals surface area contributed by atoms with E-state index >= 15 is 0 Å². The Balaban J connectivity index is 1.75. The smallest absolute Gasteiger partial charge is 0.0715 e. The lowest BCUT2D eigenvalue weighted by Gasteiger charge is -2.38. The van der Waals surface area contributed by atoms with Crippen molar-refractivity contribution in [2.75, 3.05) is 5.32 Å². The lowest BCUT2D eigenvalue weighted by Crippen LogP contribution is -2.29. The van der Waals surface area contributed by atoms with Crippen molar-refractivity contribution in [3.05, 3.63) is 75.8 Å². The SMILES string of the molecule is O=C([O-])c1ccc([C@H]2Nc3c(Br)cccc3[C@@H]3C=CC[C@H]23)cc1. The van der Waals surface area contributed by atoms with E-state index in [1.165, 1.54) is 5.56 Å². The molecule has 2 aromatic carbocycles. The van der Waals surface area contributed by atoms with Gasteiger partial charge in [0.25, 0.3) is 0 Å². The quantitative estimate of drug-likeness (QED) is 0.823. The van der Waals surface area contributed by atoms with Crippen molar-refractivity contribution < 1.29 is 9.90 Å². The lowest BCUT2D eigenvalue weighted by atomic mass is 9.77. The fraction of sp³-hybridized carbons (Fsp3) is 0.211. The van der Waals surface area contributed by atoms with Gasteiger partial charge in [-0.05, 0) is 51.0 Å². The molecule has 1 heterocycles. The summed E-state index contributed by atoms with van der Waals surface area (Å²) in [5, 5.41) is 14.6. The van der Waals surface area contributed by atoms with Gasteiger partial charge in [-0.1, -0.05) is 48.6 Å². The molecule has 4 rings (SSSR count). The molecule has 0 fully saturated rings. The Bertz CT molecular complexity index is 798. The number of nitrogens with one attached hydrogen (secondary N) is 1. The molecular formula is C19H15BrNO2-. The van der Waals surface area contributed by atoms with Crippen LogP contribution < -0.4 is 10.4 Å². The van der Waals surface area contributed by atoms with Crippen LogP contribution in [0.5, 0.6) is 0 Å². The summed E-state index contributed by atoms with van der Waals surface area (Å²) in [6.07, 6.45) is 5.56. The number of benzene rings is 2. The van der Waals surface area contributed by atoms with E-state index in [0.717, 1.165) is 22.1 Å². The molecule has 0 amide bonds. The standard InChI is InChI=1S/C19H16BrNO2/c20-16-6-2-5-15-13-3-1-4-14(13)17(21-18(15)16)11-7-9-12(10-8-11)19(22)23/h1-3,5-10,13-14,17,21H,4H2,(H,22,23)/p-1/t13-,14+,17-/m1/s1. The molecule has 2 aromatic rings. The summed E-state index contributed by atoms with van der Waals surface area (Å²) in [5.41, 5.74) is 3.78. The summed E-state index contributed by atoms with van der Waals surface area (Å²) in [4.78, 5) is 10.9. The van der Waals surface area contributed by atoms with Crippen LogP contribution in [0.25, 0.3) is 0 Å². The fourth-order valence-electron chi connectivity index (χ4n) is 3.74. The van der Waals surface area contributed by atoms with Crippen LogP contribution >= 0.6 is 15.9 Å². The summed E-state index contributed by atoms with van der Waals surface area (Å²) in [5.74, 6) is -0.290. The van der Waals surface area contributed by atoms with Gasteiger partial charge in [0.2, 0.25) is 0 Å². The predicted octanol–water partition coefficient (Wildman–Crippen LogP) is 3.64. The summed E-state index contributed by atoms with van der Waals surface area (Å²) in [6.45, 7) is 0. The summed E-state index contributed by atoms with van der Waals surface area (Å²) in [7, 11) is 0. The second kappa shape index (κ2) is 5.53. The largest absolute Gasteiger partial charge is 0.545 e. The van der Waals surface area contributed by atoms with Gasteiger partial charge in [0.15, 0.2) is 0 Å². The highest BCUT2D eigenvalue weighted by molar-refractivity contribution is 9.10. The third-order valence-corrected chi connectivity index (χ3v) is 5.51. The predicted molar refractivity (Wildman–Crippen MR) is 91.3 cm³/mol. The van der Waals surface area contributed by atoms with Gasteiger partial charge in [-0.2, -0.15) is 0 Å². The second-order valence-corrected chi connectivity index (χ2v) is 6.94. The molecule has 2 aliphatic rings. The van der Waals surface area contributed by atoms with Gasteiger partial charge in [0, 0.05) is 10.4 Å². The molecule has 3 atom stereocenters. The van der Waals surface area contributed by atoms with Gasteiger partial charge in [-0.3, -0.25) is 0 Å². The molecule has 23 heavy (non-hydrogen) atoms. The van der Waals surface area contributed by atoms with Gasteiger partial charge in [0.1, 0.15) is 0 Å². The molecule has 1 N–H and O–H groups in total. The molecule has 0 radical (unpaired) electrons. The zero-order valence-corrected chi connectivity index (χ0v) is 13.9. The van der Waals surface area contributed by atoms with Crippen LogP contribution in [0.1, 0.15) is 39.9 Å². The van der Waals surface area contributed by atoms with Crippen molar-refractivity contribution in [2.45, 2.75) is 18.4 Å². The first-order valence-corrected chi connectivity index (χ1v) is 8.47. The third-order valence-electron chi connectivity index (χ3n) is 4.85. The van der Waals surface area contributed by atoms with E-state index < -0.39 is 5.97 Å². The highest BCUT2D eigenvalue weighted by Crippen LogP contribution is 2.51. The van der Waals surface area contributed by atoms with E-state index in [4.69, 9.17) is 0 Å². The minimum absolute atomic E-state index is 0.164. The molecule has 0 bridgehead atoms. The zero-order valence-electron chi connectivity index (χ0n) is 12.3. The molecule has 0 saturated heterocycles. The Kier molecular flexibility index (Phi) is 3.49. The number of para-hydroxylation sites is 1. The fourth-order valence-corrected chi connectivity index (χ4v) is 4.24. The zero-order chi connectivity index (χ0) is 16.0. The van der Waals surface area contributed by atoms with Gasteiger partial charge in [-0.25, -0.2) is 0 Å². The number of anilines is 1. The average molecular weight is 369 g/mol. The maximum absolute atomic E-state index is 10.9. The number of rotatable bonds is 2. The number of allylic oxidation sites excluding steroid dienone is 2. The number of fused-ring (bicyclic) bond motifs is 3. The van der Waals surface area contributed by atoms with Crippen molar-refractivity contribution >= 4 is 27.6 Å². The topological polar surface area (TPSA) is 52.2 Å². The molecule has 1 aliphatic heterocycles. The van der Waals surface area contributed by atoms with Gasteiger partial charge in [0.05, 0.1) is 17.7 Å². The normalized spacial score (nSPS) is 24.7. The van der Waals surface area contributed by atoms with Gasteiger partial charge in [-0.15, -0.1) is 0 Å². The number of hydrogen-bond donors (Lipinski definition) is 1. The molecule has 4 heteroatoms. The van der Waals surface area contributed by atoms with Crippen molar-refractivity contribution in [3.63, 3.8) is 0 Å². The molecule has 0 saturated carbocycles. The van der Waals surface area contributed by atoms with Crippen molar-refractivity contribution in [3.8, 4) is 0 Å². The second-order valence-electron chi connectivity index (χ2n) is 6.09.